The Morgan fingerprint density at radius 1 is 1.23 bits per heavy atom. The Hall–Kier alpha value is -2.17. The highest BCUT2D eigenvalue weighted by molar-refractivity contribution is 5.96. The molecule has 2 aromatic rings. The number of nitrogens with two attached hydrogens (primary N) is 1. The number of Topliss-reactive ketones (excluding diaryl/α,β-unsaturated/α-hetero) is 1. The number of rotatable bonds is 6. The summed E-state index contributed by atoms with van der Waals surface area (Å²) < 4.78 is 5.37. The molecule has 1 atom stereocenters. The second-order valence-corrected chi connectivity index (χ2v) is 5.19. The summed E-state index contributed by atoms with van der Waals surface area (Å²) in [5.41, 5.74) is 8.72. The molecule has 0 saturated heterocycles. The van der Waals surface area contributed by atoms with Crippen LogP contribution in [0.3, 0.4) is 0 Å². The smallest absolute Gasteiger partial charge is 0.159 e. The maximum Gasteiger partial charge on any atom is 0.159 e. The van der Waals surface area contributed by atoms with Crippen LogP contribution in [-0.2, 0) is 0 Å². The Kier molecular flexibility index (Phi) is 5.31. The number of carbonyl (C=O) groups excluding carboxylic acids is 1. The third kappa shape index (κ3) is 3.53. The van der Waals surface area contributed by atoms with Gasteiger partial charge in [-0.3, -0.25) is 4.79 Å². The Bertz CT molecular complexity index is 650. The summed E-state index contributed by atoms with van der Waals surface area (Å²) in [4.78, 5) is 11.6. The molecule has 0 spiro atoms. The summed E-state index contributed by atoms with van der Waals surface area (Å²) in [5.74, 6) is 0.721. The van der Waals surface area contributed by atoms with Crippen molar-refractivity contribution < 1.29 is 14.6 Å². The van der Waals surface area contributed by atoms with Gasteiger partial charge in [0.15, 0.2) is 5.78 Å². The Labute approximate surface area is 130 Å². The second kappa shape index (κ2) is 7.20. The van der Waals surface area contributed by atoms with Crippen LogP contribution in [0, 0.1) is 0 Å². The average Bonchev–Trinajstić information content (AvgIpc) is 2.54. The number of ether oxygens (including phenoxy) is 1. The lowest BCUT2D eigenvalue weighted by Crippen LogP contribution is -2.06. The first-order chi connectivity index (χ1) is 10.6. The van der Waals surface area contributed by atoms with Crippen LogP contribution in [0.1, 0.15) is 35.4 Å². The maximum absolute atomic E-state index is 11.6. The Morgan fingerprint density at radius 3 is 2.45 bits per heavy atom. The minimum absolute atomic E-state index is 0.0129. The van der Waals surface area contributed by atoms with Crippen LogP contribution >= 0.6 is 0 Å². The number of ketones is 1. The molecule has 2 rings (SSSR count). The third-order valence-corrected chi connectivity index (χ3v) is 3.65. The Balaban J connectivity index is 2.38. The summed E-state index contributed by atoms with van der Waals surface area (Å²) in [7, 11) is 1.60. The first-order valence-electron chi connectivity index (χ1n) is 7.24. The van der Waals surface area contributed by atoms with Crippen molar-refractivity contribution in [2.24, 2.45) is 5.73 Å². The molecule has 116 valence electrons. The fourth-order valence-electron chi connectivity index (χ4n) is 2.36. The number of benzene rings is 2. The first kappa shape index (κ1) is 16.2. The van der Waals surface area contributed by atoms with Crippen LogP contribution in [0.5, 0.6) is 5.75 Å². The molecule has 0 aromatic heterocycles. The molecule has 0 fully saturated rings. The van der Waals surface area contributed by atoms with Crippen molar-refractivity contribution in [2.75, 3.05) is 13.7 Å². The van der Waals surface area contributed by atoms with E-state index in [0.717, 1.165) is 16.7 Å². The molecule has 0 aliphatic carbocycles. The van der Waals surface area contributed by atoms with E-state index >= 15 is 0 Å². The molecule has 0 bridgehead atoms. The fraction of sp³-hybridized carbons (Fsp3) is 0.278. The topological polar surface area (TPSA) is 72.5 Å². The summed E-state index contributed by atoms with van der Waals surface area (Å²) in [6.07, 6.45) is -0.0211. The zero-order valence-electron chi connectivity index (χ0n) is 12.9. The van der Waals surface area contributed by atoms with E-state index in [1.165, 1.54) is 6.92 Å². The van der Waals surface area contributed by atoms with E-state index < -0.39 is 6.10 Å². The van der Waals surface area contributed by atoms with Crippen LogP contribution in [-0.4, -0.2) is 24.5 Å². The van der Waals surface area contributed by atoms with Gasteiger partial charge in [0.05, 0.1) is 13.2 Å². The number of aliphatic hydroxyl groups excluding tert-OH is 1. The van der Waals surface area contributed by atoms with Crippen LogP contribution in [0.15, 0.2) is 42.5 Å². The number of hydrogen-bond acceptors (Lipinski definition) is 4. The first-order valence-corrected chi connectivity index (χ1v) is 7.24. The highest BCUT2D eigenvalue weighted by Gasteiger charge is 2.11. The average molecular weight is 299 g/mol. The Morgan fingerprint density at radius 2 is 1.91 bits per heavy atom. The van der Waals surface area contributed by atoms with Crippen LogP contribution in [0.25, 0.3) is 11.1 Å². The van der Waals surface area contributed by atoms with E-state index in [-0.39, 0.29) is 5.78 Å². The van der Waals surface area contributed by atoms with Gasteiger partial charge in [-0.05, 0) is 49.2 Å². The molecule has 4 nitrogen and oxygen atoms in total. The van der Waals surface area contributed by atoms with Crippen molar-refractivity contribution in [3.63, 3.8) is 0 Å². The van der Waals surface area contributed by atoms with Gasteiger partial charge in [0.1, 0.15) is 5.75 Å². The summed E-state index contributed by atoms with van der Waals surface area (Å²) in [6.45, 7) is 1.98. The van der Waals surface area contributed by atoms with Gasteiger partial charge in [0, 0.05) is 11.1 Å². The quantitative estimate of drug-likeness (QED) is 0.804. The zero-order valence-corrected chi connectivity index (χ0v) is 12.9. The van der Waals surface area contributed by atoms with E-state index in [4.69, 9.17) is 10.5 Å². The van der Waals surface area contributed by atoms with Gasteiger partial charge in [0.2, 0.25) is 0 Å². The number of methoxy groups -OCH3 is 1. The van der Waals surface area contributed by atoms with Crippen molar-refractivity contribution in [3.8, 4) is 16.9 Å². The third-order valence-electron chi connectivity index (χ3n) is 3.65. The number of aliphatic hydroxyl groups is 1. The summed E-state index contributed by atoms with van der Waals surface area (Å²) in [6, 6.07) is 12.9. The summed E-state index contributed by atoms with van der Waals surface area (Å²) in [5, 5.41) is 9.95. The van der Waals surface area contributed by atoms with E-state index in [9.17, 15) is 9.90 Å². The minimum atomic E-state index is -0.551. The SMILES string of the molecule is COc1ccc(C(C)=O)cc1-c1ccc(C(O)CCN)cc1. The lowest BCUT2D eigenvalue weighted by atomic mass is 9.98. The molecular formula is C18H21NO3. The second-order valence-electron chi connectivity index (χ2n) is 5.19. The van der Waals surface area contributed by atoms with Crippen LogP contribution in [0.4, 0.5) is 0 Å². The molecular weight excluding hydrogens is 278 g/mol. The molecule has 22 heavy (non-hydrogen) atoms. The van der Waals surface area contributed by atoms with Crippen LogP contribution < -0.4 is 10.5 Å². The molecule has 4 heteroatoms. The van der Waals surface area contributed by atoms with Gasteiger partial charge in [-0.1, -0.05) is 24.3 Å². The van der Waals surface area contributed by atoms with Crippen molar-refractivity contribution in [1.29, 1.82) is 0 Å². The molecule has 0 aliphatic heterocycles. The van der Waals surface area contributed by atoms with Crippen molar-refractivity contribution in [2.45, 2.75) is 19.4 Å². The van der Waals surface area contributed by atoms with Crippen molar-refractivity contribution >= 4 is 5.78 Å². The van der Waals surface area contributed by atoms with Gasteiger partial charge in [-0.15, -0.1) is 0 Å². The fourth-order valence-corrected chi connectivity index (χ4v) is 2.36. The van der Waals surface area contributed by atoms with Gasteiger partial charge in [0.25, 0.3) is 0 Å². The van der Waals surface area contributed by atoms with Gasteiger partial charge < -0.3 is 15.6 Å². The highest BCUT2D eigenvalue weighted by atomic mass is 16.5. The molecule has 2 aromatic carbocycles. The number of carbonyl (C=O) groups is 1. The van der Waals surface area contributed by atoms with E-state index in [2.05, 4.69) is 0 Å². The monoisotopic (exact) mass is 299 g/mol. The van der Waals surface area contributed by atoms with E-state index in [1.54, 1.807) is 19.2 Å². The lowest BCUT2D eigenvalue weighted by molar-refractivity contribution is 0.101. The minimum Gasteiger partial charge on any atom is -0.496 e. The standard InChI is InChI=1S/C18H21NO3/c1-12(20)15-7-8-18(22-2)16(11-15)13-3-5-14(6-4-13)17(21)9-10-19/h3-8,11,17,21H,9-10,19H2,1-2H3. The van der Waals surface area contributed by atoms with Gasteiger partial charge in [-0.25, -0.2) is 0 Å². The zero-order chi connectivity index (χ0) is 16.1. The number of hydrogen-bond donors (Lipinski definition) is 2. The molecule has 3 N–H and O–H groups in total. The largest absolute Gasteiger partial charge is 0.496 e. The maximum atomic E-state index is 11.6. The molecule has 0 aliphatic rings. The molecule has 0 amide bonds. The molecule has 0 saturated carbocycles. The van der Waals surface area contributed by atoms with Crippen molar-refractivity contribution in [3.05, 3.63) is 53.6 Å². The van der Waals surface area contributed by atoms with Gasteiger partial charge in [-0.2, -0.15) is 0 Å². The normalized spacial score (nSPS) is 12.0. The molecule has 1 unspecified atom stereocenters. The predicted molar refractivity (Wildman–Crippen MR) is 87.1 cm³/mol. The van der Waals surface area contributed by atoms with E-state index in [0.29, 0.717) is 24.3 Å². The highest BCUT2D eigenvalue weighted by Crippen LogP contribution is 2.32. The molecule has 0 heterocycles. The van der Waals surface area contributed by atoms with Crippen LogP contribution in [0.2, 0.25) is 0 Å². The predicted octanol–water partition coefficient (Wildman–Crippen LogP) is 2.95. The molecule has 0 radical (unpaired) electrons. The van der Waals surface area contributed by atoms with Crippen molar-refractivity contribution in [1.82, 2.24) is 0 Å². The summed E-state index contributed by atoms with van der Waals surface area (Å²) >= 11 is 0. The lowest BCUT2D eigenvalue weighted by Gasteiger charge is -2.13. The van der Waals surface area contributed by atoms with E-state index in [1.807, 2.05) is 30.3 Å². The van der Waals surface area contributed by atoms with Gasteiger partial charge >= 0.3 is 0 Å².